The van der Waals surface area contributed by atoms with Crippen molar-refractivity contribution in [1.29, 1.82) is 0 Å². The monoisotopic (exact) mass is 253 g/mol. The highest BCUT2D eigenvalue weighted by atomic mass is 32.2. The molecule has 1 rings (SSSR count). The number of hydrogen-bond donors (Lipinski definition) is 3. The molecule has 0 unspecified atom stereocenters. The third-order valence-electron chi connectivity index (χ3n) is 1.89. The molecule has 90 valence electrons. The molecular formula is C11H11NO4S. The highest BCUT2D eigenvalue weighted by Gasteiger charge is 2.21. The lowest BCUT2D eigenvalue weighted by Gasteiger charge is -2.10. The van der Waals surface area contributed by atoms with Crippen molar-refractivity contribution < 1.29 is 19.8 Å². The minimum Gasteiger partial charge on any atom is -0.477 e. The molecule has 0 aliphatic carbocycles. The van der Waals surface area contributed by atoms with Crippen molar-refractivity contribution in [2.45, 2.75) is 0 Å². The van der Waals surface area contributed by atoms with E-state index in [1.54, 1.807) is 30.5 Å². The van der Waals surface area contributed by atoms with Crippen molar-refractivity contribution in [3.63, 3.8) is 0 Å². The van der Waals surface area contributed by atoms with Gasteiger partial charge in [-0.25, -0.2) is 9.59 Å². The number of para-hydroxylation sites is 1. The fourth-order valence-corrected chi connectivity index (χ4v) is 1.75. The molecule has 0 saturated heterocycles. The summed E-state index contributed by atoms with van der Waals surface area (Å²) in [6.45, 7) is 0. The molecule has 17 heavy (non-hydrogen) atoms. The van der Waals surface area contributed by atoms with E-state index in [-0.39, 0.29) is 5.03 Å². The highest BCUT2D eigenvalue weighted by molar-refractivity contribution is 8.02. The van der Waals surface area contributed by atoms with Crippen LogP contribution < -0.4 is 5.32 Å². The standard InChI is InChI=1S/C11H11NO4S/c1-17-9(8(10(13)14)11(15)16)12-7-5-3-2-4-6-7/h2-6,12H,1H3,(H,13,14)(H,15,16). The van der Waals surface area contributed by atoms with Crippen molar-refractivity contribution in [2.75, 3.05) is 11.6 Å². The molecule has 0 radical (unpaired) electrons. The van der Waals surface area contributed by atoms with Crippen LogP contribution in [0.25, 0.3) is 0 Å². The summed E-state index contributed by atoms with van der Waals surface area (Å²) in [6.07, 6.45) is 1.61. The summed E-state index contributed by atoms with van der Waals surface area (Å²) >= 11 is 1.04. The van der Waals surface area contributed by atoms with E-state index in [9.17, 15) is 9.59 Å². The Labute approximate surface area is 102 Å². The maximum absolute atomic E-state index is 10.8. The van der Waals surface area contributed by atoms with Gasteiger partial charge in [0.2, 0.25) is 0 Å². The van der Waals surface area contributed by atoms with E-state index in [0.29, 0.717) is 5.69 Å². The van der Waals surface area contributed by atoms with Crippen LogP contribution in [0.3, 0.4) is 0 Å². The quantitative estimate of drug-likeness (QED) is 0.421. The Kier molecular flexibility index (Phi) is 4.59. The number of carboxylic acid groups (broad SMARTS) is 2. The van der Waals surface area contributed by atoms with Gasteiger partial charge >= 0.3 is 11.9 Å². The van der Waals surface area contributed by atoms with Crippen LogP contribution in [0.1, 0.15) is 0 Å². The first-order valence-corrected chi connectivity index (χ1v) is 5.85. The molecule has 1 aromatic rings. The number of carbonyl (C=O) groups is 2. The van der Waals surface area contributed by atoms with Crippen LogP contribution in [0.15, 0.2) is 40.9 Å². The second-order valence-electron chi connectivity index (χ2n) is 3.01. The summed E-state index contributed by atoms with van der Waals surface area (Å²) in [5, 5.41) is 20.5. The largest absolute Gasteiger partial charge is 0.477 e. The Hall–Kier alpha value is -1.95. The lowest BCUT2D eigenvalue weighted by atomic mass is 10.3. The Morgan fingerprint density at radius 2 is 1.65 bits per heavy atom. The van der Waals surface area contributed by atoms with Gasteiger partial charge in [-0.15, -0.1) is 11.8 Å². The van der Waals surface area contributed by atoms with Crippen molar-refractivity contribution in [3.8, 4) is 0 Å². The Bertz CT molecular complexity index is 440. The van der Waals surface area contributed by atoms with Gasteiger partial charge in [0.1, 0.15) is 0 Å². The molecule has 6 heteroatoms. The topological polar surface area (TPSA) is 86.6 Å². The summed E-state index contributed by atoms with van der Waals surface area (Å²) in [7, 11) is 0. The van der Waals surface area contributed by atoms with Gasteiger partial charge in [-0.3, -0.25) is 0 Å². The van der Waals surface area contributed by atoms with E-state index in [2.05, 4.69) is 5.32 Å². The lowest BCUT2D eigenvalue weighted by Crippen LogP contribution is -2.16. The SMILES string of the molecule is CSC(Nc1ccccc1)=C(C(=O)O)C(=O)O. The van der Waals surface area contributed by atoms with Crippen LogP contribution in [0.4, 0.5) is 5.69 Å². The number of aliphatic carboxylic acids is 2. The molecule has 0 saturated carbocycles. The molecule has 0 spiro atoms. The number of benzene rings is 1. The van der Waals surface area contributed by atoms with Crippen molar-refractivity contribution in [1.82, 2.24) is 0 Å². The zero-order chi connectivity index (χ0) is 12.8. The van der Waals surface area contributed by atoms with Gasteiger partial charge in [0, 0.05) is 5.69 Å². The van der Waals surface area contributed by atoms with Gasteiger partial charge in [-0.05, 0) is 18.4 Å². The molecule has 0 amide bonds. The molecule has 0 aliphatic heterocycles. The minimum absolute atomic E-state index is 0.0937. The van der Waals surface area contributed by atoms with Gasteiger partial charge in [0.25, 0.3) is 0 Å². The van der Waals surface area contributed by atoms with Gasteiger partial charge < -0.3 is 15.5 Å². The van der Waals surface area contributed by atoms with Crippen LogP contribution in [0.5, 0.6) is 0 Å². The molecule has 0 aliphatic rings. The summed E-state index contributed by atoms with van der Waals surface area (Å²) in [5.74, 6) is -2.93. The average Bonchev–Trinajstić information content (AvgIpc) is 2.28. The Balaban J connectivity index is 3.09. The van der Waals surface area contributed by atoms with Gasteiger partial charge in [-0.2, -0.15) is 0 Å². The predicted molar refractivity (Wildman–Crippen MR) is 65.9 cm³/mol. The second-order valence-corrected chi connectivity index (χ2v) is 3.83. The molecule has 5 nitrogen and oxygen atoms in total. The van der Waals surface area contributed by atoms with Crippen LogP contribution >= 0.6 is 11.8 Å². The molecule has 0 fully saturated rings. The molecule has 3 N–H and O–H groups in total. The number of rotatable bonds is 5. The van der Waals surface area contributed by atoms with E-state index in [1.165, 1.54) is 0 Å². The van der Waals surface area contributed by atoms with Crippen molar-refractivity contribution >= 4 is 29.4 Å². The van der Waals surface area contributed by atoms with E-state index < -0.39 is 17.5 Å². The molecule has 0 heterocycles. The average molecular weight is 253 g/mol. The third-order valence-corrected chi connectivity index (χ3v) is 2.61. The number of anilines is 1. The molecule has 0 atom stereocenters. The molecule has 0 aromatic heterocycles. The maximum Gasteiger partial charge on any atom is 0.345 e. The van der Waals surface area contributed by atoms with E-state index in [1.807, 2.05) is 6.07 Å². The summed E-state index contributed by atoms with van der Waals surface area (Å²) < 4.78 is 0. The molecule has 0 bridgehead atoms. The lowest BCUT2D eigenvalue weighted by molar-refractivity contribution is -0.140. The third kappa shape index (κ3) is 3.53. The van der Waals surface area contributed by atoms with Crippen LogP contribution in [0, 0.1) is 0 Å². The molecule has 1 aromatic carbocycles. The summed E-state index contributed by atoms with van der Waals surface area (Å²) in [6, 6.07) is 8.78. The second kappa shape index (κ2) is 5.95. The fourth-order valence-electron chi connectivity index (χ4n) is 1.15. The molecular weight excluding hydrogens is 242 g/mol. The zero-order valence-electron chi connectivity index (χ0n) is 9.01. The minimum atomic E-state index is -1.47. The van der Waals surface area contributed by atoms with Crippen LogP contribution in [-0.4, -0.2) is 28.4 Å². The number of carboxylic acids is 2. The summed E-state index contributed by atoms with van der Waals surface area (Å²) in [4.78, 5) is 21.7. The van der Waals surface area contributed by atoms with E-state index in [0.717, 1.165) is 11.8 Å². The fraction of sp³-hybridized carbons (Fsp3) is 0.0909. The maximum atomic E-state index is 10.8. The normalized spacial score (nSPS) is 9.47. The van der Waals surface area contributed by atoms with Gasteiger partial charge in [-0.1, -0.05) is 18.2 Å². The number of hydrogen-bond acceptors (Lipinski definition) is 4. The summed E-state index contributed by atoms with van der Waals surface area (Å²) in [5.41, 5.74) is -0.0294. The van der Waals surface area contributed by atoms with Gasteiger partial charge in [0.05, 0.1) is 5.03 Å². The van der Waals surface area contributed by atoms with Crippen molar-refractivity contribution in [3.05, 3.63) is 40.9 Å². The van der Waals surface area contributed by atoms with E-state index in [4.69, 9.17) is 10.2 Å². The number of nitrogens with one attached hydrogen (secondary N) is 1. The first-order valence-electron chi connectivity index (χ1n) is 4.63. The van der Waals surface area contributed by atoms with Crippen molar-refractivity contribution in [2.24, 2.45) is 0 Å². The van der Waals surface area contributed by atoms with E-state index >= 15 is 0 Å². The first kappa shape index (κ1) is 13.1. The predicted octanol–water partition coefficient (Wildman–Crippen LogP) is 1.84. The van der Waals surface area contributed by atoms with Crippen LogP contribution in [0.2, 0.25) is 0 Å². The Morgan fingerprint density at radius 3 is 2.06 bits per heavy atom. The number of thioether (sulfide) groups is 1. The van der Waals surface area contributed by atoms with Gasteiger partial charge in [0.15, 0.2) is 5.57 Å². The zero-order valence-corrected chi connectivity index (χ0v) is 9.82. The smallest absolute Gasteiger partial charge is 0.345 e. The van der Waals surface area contributed by atoms with Crippen LogP contribution in [-0.2, 0) is 9.59 Å². The Morgan fingerprint density at radius 1 is 1.12 bits per heavy atom. The first-order chi connectivity index (χ1) is 8.06. The highest BCUT2D eigenvalue weighted by Crippen LogP contribution is 2.20.